The van der Waals surface area contributed by atoms with Gasteiger partial charge in [-0.2, -0.15) is 0 Å². The molecule has 0 aliphatic carbocycles. The Kier molecular flexibility index (Phi) is 4.63. The number of hydrogen-bond donors (Lipinski definition) is 0. The van der Waals surface area contributed by atoms with Crippen molar-refractivity contribution in [1.29, 1.82) is 0 Å². The van der Waals surface area contributed by atoms with Gasteiger partial charge in [0.15, 0.2) is 6.61 Å². The van der Waals surface area contributed by atoms with Crippen molar-refractivity contribution >= 4 is 39.4 Å². The van der Waals surface area contributed by atoms with E-state index in [1.165, 1.54) is 20.7 Å². The number of benzene rings is 2. The highest BCUT2D eigenvalue weighted by Crippen LogP contribution is 2.39. The SMILES string of the molecule is O=C(COc1ccc2ccccc2c1)N1CCc2sccc2[C@@H]1c1cccs1. The Morgan fingerprint density at radius 2 is 1.89 bits per heavy atom. The zero-order valence-electron chi connectivity index (χ0n) is 15.2. The minimum Gasteiger partial charge on any atom is -0.484 e. The van der Waals surface area contributed by atoms with Crippen molar-refractivity contribution < 1.29 is 9.53 Å². The molecule has 0 radical (unpaired) electrons. The van der Waals surface area contributed by atoms with Gasteiger partial charge in [0, 0.05) is 16.3 Å². The van der Waals surface area contributed by atoms with E-state index < -0.39 is 0 Å². The lowest BCUT2D eigenvalue weighted by Crippen LogP contribution is -2.42. The summed E-state index contributed by atoms with van der Waals surface area (Å²) in [6.07, 6.45) is 0.913. The highest BCUT2D eigenvalue weighted by molar-refractivity contribution is 7.10. The third kappa shape index (κ3) is 3.21. The Balaban J connectivity index is 1.36. The minimum absolute atomic E-state index is 0.00250. The Morgan fingerprint density at radius 3 is 2.75 bits per heavy atom. The maximum Gasteiger partial charge on any atom is 0.261 e. The van der Waals surface area contributed by atoms with Gasteiger partial charge in [0.2, 0.25) is 0 Å². The van der Waals surface area contributed by atoms with Crippen LogP contribution in [-0.4, -0.2) is 24.0 Å². The molecule has 1 atom stereocenters. The van der Waals surface area contributed by atoms with E-state index in [0.717, 1.165) is 24.1 Å². The summed E-state index contributed by atoms with van der Waals surface area (Å²) in [6, 6.07) is 20.4. The predicted octanol–water partition coefficient (Wildman–Crippen LogP) is 5.52. The molecular formula is C23H19NO2S2. The van der Waals surface area contributed by atoms with E-state index in [0.29, 0.717) is 0 Å². The maximum atomic E-state index is 13.1. The quantitative estimate of drug-likeness (QED) is 0.448. The fourth-order valence-electron chi connectivity index (χ4n) is 3.82. The Bertz CT molecular complexity index is 1120. The summed E-state index contributed by atoms with van der Waals surface area (Å²) in [5, 5.41) is 6.49. The van der Waals surface area contributed by atoms with Crippen LogP contribution in [0.25, 0.3) is 10.8 Å². The number of amides is 1. The molecule has 2 aromatic carbocycles. The van der Waals surface area contributed by atoms with E-state index >= 15 is 0 Å². The Hall–Kier alpha value is -2.63. The molecule has 5 rings (SSSR count). The molecule has 0 fully saturated rings. The molecule has 5 heteroatoms. The third-order valence-electron chi connectivity index (χ3n) is 5.18. The standard InChI is InChI=1S/C23H19NO2S2/c25-22(15-26-18-8-7-16-4-1-2-5-17(16)14-18)24-11-9-20-19(10-13-28-20)23(24)21-6-3-12-27-21/h1-8,10,12-14,23H,9,11,15H2/t23-/m1/s1. The molecule has 0 bridgehead atoms. The molecule has 0 unspecified atom stereocenters. The number of ether oxygens (including phenoxy) is 1. The van der Waals surface area contributed by atoms with Gasteiger partial charge in [-0.05, 0) is 57.8 Å². The van der Waals surface area contributed by atoms with Gasteiger partial charge in [0.1, 0.15) is 5.75 Å². The first kappa shape index (κ1) is 17.5. The van der Waals surface area contributed by atoms with Crippen molar-refractivity contribution in [2.45, 2.75) is 12.5 Å². The van der Waals surface area contributed by atoms with Crippen molar-refractivity contribution in [2.24, 2.45) is 0 Å². The second kappa shape index (κ2) is 7.41. The van der Waals surface area contributed by atoms with Crippen LogP contribution in [0.15, 0.2) is 71.4 Å². The van der Waals surface area contributed by atoms with Crippen molar-refractivity contribution in [2.75, 3.05) is 13.2 Å². The summed E-state index contributed by atoms with van der Waals surface area (Å²) in [6.45, 7) is 0.787. The number of fused-ring (bicyclic) bond motifs is 2. The van der Waals surface area contributed by atoms with Gasteiger partial charge >= 0.3 is 0 Å². The Labute approximate surface area is 171 Å². The van der Waals surface area contributed by atoms with Gasteiger partial charge < -0.3 is 9.64 Å². The minimum atomic E-state index is 0.00250. The molecule has 0 saturated carbocycles. The van der Waals surface area contributed by atoms with Crippen LogP contribution in [0.2, 0.25) is 0 Å². The first-order valence-corrected chi connectivity index (χ1v) is 11.1. The van der Waals surface area contributed by atoms with E-state index in [9.17, 15) is 4.79 Å². The molecule has 4 aromatic rings. The van der Waals surface area contributed by atoms with Crippen LogP contribution in [0.1, 0.15) is 21.4 Å². The predicted molar refractivity (Wildman–Crippen MR) is 115 cm³/mol. The molecule has 0 N–H and O–H groups in total. The van der Waals surface area contributed by atoms with Crippen molar-refractivity contribution in [3.63, 3.8) is 0 Å². The van der Waals surface area contributed by atoms with E-state index in [4.69, 9.17) is 4.74 Å². The van der Waals surface area contributed by atoms with E-state index in [2.05, 4.69) is 41.1 Å². The van der Waals surface area contributed by atoms with Gasteiger partial charge in [-0.15, -0.1) is 22.7 Å². The topological polar surface area (TPSA) is 29.5 Å². The summed E-state index contributed by atoms with van der Waals surface area (Å²) in [7, 11) is 0. The number of hydrogen-bond acceptors (Lipinski definition) is 4. The molecule has 1 aliphatic rings. The Morgan fingerprint density at radius 1 is 1.00 bits per heavy atom. The van der Waals surface area contributed by atoms with Crippen LogP contribution >= 0.6 is 22.7 Å². The molecular weight excluding hydrogens is 386 g/mol. The van der Waals surface area contributed by atoms with Gasteiger partial charge in [-0.25, -0.2) is 0 Å². The number of carbonyl (C=O) groups excluding carboxylic acids is 1. The van der Waals surface area contributed by atoms with Crippen LogP contribution < -0.4 is 4.74 Å². The highest BCUT2D eigenvalue weighted by Gasteiger charge is 2.33. The summed E-state index contributed by atoms with van der Waals surface area (Å²) in [4.78, 5) is 17.6. The highest BCUT2D eigenvalue weighted by atomic mass is 32.1. The van der Waals surface area contributed by atoms with Crippen molar-refractivity contribution in [1.82, 2.24) is 4.90 Å². The number of carbonyl (C=O) groups is 1. The fourth-order valence-corrected chi connectivity index (χ4v) is 5.58. The van der Waals surface area contributed by atoms with E-state index in [1.54, 1.807) is 22.7 Å². The largest absolute Gasteiger partial charge is 0.484 e. The summed E-state index contributed by atoms with van der Waals surface area (Å²) in [5.74, 6) is 0.761. The van der Waals surface area contributed by atoms with Crippen LogP contribution in [0.5, 0.6) is 5.75 Å². The lowest BCUT2D eigenvalue weighted by atomic mass is 9.98. The van der Waals surface area contributed by atoms with Crippen LogP contribution in [0.4, 0.5) is 0 Å². The number of nitrogens with zero attached hydrogens (tertiary/aromatic N) is 1. The van der Waals surface area contributed by atoms with Gasteiger partial charge in [-0.3, -0.25) is 4.79 Å². The first-order chi connectivity index (χ1) is 13.8. The molecule has 0 spiro atoms. The average molecular weight is 406 g/mol. The second-order valence-electron chi connectivity index (χ2n) is 6.85. The molecule has 1 amide bonds. The van der Waals surface area contributed by atoms with Gasteiger partial charge in [0.25, 0.3) is 5.91 Å². The van der Waals surface area contributed by atoms with Crippen LogP contribution in [0.3, 0.4) is 0 Å². The monoisotopic (exact) mass is 405 g/mol. The summed E-state index contributed by atoms with van der Waals surface area (Å²) in [5.41, 5.74) is 1.26. The molecule has 2 aromatic heterocycles. The first-order valence-electron chi connectivity index (χ1n) is 9.30. The van der Waals surface area contributed by atoms with Gasteiger partial charge in [0.05, 0.1) is 6.04 Å². The average Bonchev–Trinajstić information content (AvgIpc) is 3.43. The van der Waals surface area contributed by atoms with E-state index in [1.807, 2.05) is 35.2 Å². The number of thiophene rings is 2. The van der Waals surface area contributed by atoms with Crippen LogP contribution in [0, 0.1) is 0 Å². The van der Waals surface area contributed by atoms with Gasteiger partial charge in [-0.1, -0.05) is 36.4 Å². The molecule has 3 heterocycles. The molecule has 140 valence electrons. The molecule has 28 heavy (non-hydrogen) atoms. The fraction of sp³-hybridized carbons (Fsp3) is 0.174. The molecule has 3 nitrogen and oxygen atoms in total. The van der Waals surface area contributed by atoms with Crippen molar-refractivity contribution in [3.8, 4) is 5.75 Å². The zero-order chi connectivity index (χ0) is 18.9. The molecule has 1 aliphatic heterocycles. The number of rotatable bonds is 4. The molecule has 0 saturated heterocycles. The smallest absolute Gasteiger partial charge is 0.261 e. The lowest BCUT2D eigenvalue weighted by Gasteiger charge is -2.35. The third-order valence-corrected chi connectivity index (χ3v) is 7.10. The maximum absolute atomic E-state index is 13.1. The lowest BCUT2D eigenvalue weighted by molar-refractivity contribution is -0.135. The van der Waals surface area contributed by atoms with Crippen molar-refractivity contribution in [3.05, 3.63) is 86.7 Å². The summed E-state index contributed by atoms with van der Waals surface area (Å²) >= 11 is 3.49. The van der Waals surface area contributed by atoms with E-state index in [-0.39, 0.29) is 18.6 Å². The second-order valence-corrected chi connectivity index (χ2v) is 8.83. The summed E-state index contributed by atoms with van der Waals surface area (Å²) < 4.78 is 5.88. The van der Waals surface area contributed by atoms with Crippen LogP contribution in [-0.2, 0) is 11.2 Å². The zero-order valence-corrected chi connectivity index (χ0v) is 16.8. The normalized spacial score (nSPS) is 16.1.